The number of methoxy groups -OCH3 is 2. The molecule has 0 radical (unpaired) electrons. The molecule has 5 aliphatic rings. The molecule has 4 aliphatic heterocycles. The Labute approximate surface area is 268 Å². The van der Waals surface area contributed by atoms with Crippen LogP contribution in [0.15, 0.2) is 77.7 Å². The van der Waals surface area contributed by atoms with E-state index in [0.29, 0.717) is 23.1 Å². The standard InChI is InChI=1S/C19H21NO3.C19H17NO3/c2*1-23-18-5-3-13-9-17-15-4-2-12(11-21)8-14(15)6-7-20(17)10-16(13)19(18)22/h2-5,8,17,21-22H,6-7,9-11H2,1H3;2-5,8-10,21H,6-7,11H2,1H3. The molecule has 3 aromatic rings. The van der Waals surface area contributed by atoms with Crippen LogP contribution < -0.4 is 14.9 Å². The van der Waals surface area contributed by atoms with E-state index in [0.717, 1.165) is 66.8 Å². The Bertz CT molecular complexity index is 1960. The van der Waals surface area contributed by atoms with Gasteiger partial charge in [0, 0.05) is 54.3 Å². The van der Waals surface area contributed by atoms with Gasteiger partial charge in [-0.05, 0) is 76.4 Å². The molecule has 236 valence electrons. The molecule has 8 heteroatoms. The van der Waals surface area contributed by atoms with Crippen molar-refractivity contribution in [3.8, 4) is 39.6 Å². The largest absolute Gasteiger partial charge is 0.504 e. The first-order chi connectivity index (χ1) is 22.4. The molecule has 4 heterocycles. The van der Waals surface area contributed by atoms with Crippen LogP contribution in [-0.2, 0) is 45.6 Å². The van der Waals surface area contributed by atoms with Gasteiger partial charge in [0.25, 0.3) is 0 Å². The average molecular weight is 619 g/mol. The van der Waals surface area contributed by atoms with Crippen LogP contribution in [0.1, 0.15) is 45.0 Å². The number of aliphatic hydroxyl groups is 2. The van der Waals surface area contributed by atoms with E-state index in [9.17, 15) is 20.1 Å². The smallest absolute Gasteiger partial charge is 0.229 e. The second-order valence-corrected chi connectivity index (χ2v) is 12.2. The van der Waals surface area contributed by atoms with Gasteiger partial charge in [0.2, 0.25) is 5.43 Å². The summed E-state index contributed by atoms with van der Waals surface area (Å²) in [4.78, 5) is 14.8. The number of ether oxygens (including phenoxy) is 2. The second-order valence-electron chi connectivity index (χ2n) is 12.2. The summed E-state index contributed by atoms with van der Waals surface area (Å²) in [6.07, 6.45) is 4.71. The van der Waals surface area contributed by atoms with Gasteiger partial charge in [0.1, 0.15) is 0 Å². The van der Waals surface area contributed by atoms with Gasteiger partial charge < -0.3 is 29.4 Å². The fourth-order valence-electron chi connectivity index (χ4n) is 7.27. The number of pyridine rings is 1. The van der Waals surface area contributed by atoms with Crippen LogP contribution in [0.2, 0.25) is 0 Å². The highest BCUT2D eigenvalue weighted by molar-refractivity contribution is 5.76. The van der Waals surface area contributed by atoms with Gasteiger partial charge in [-0.2, -0.15) is 0 Å². The van der Waals surface area contributed by atoms with Crippen molar-refractivity contribution in [2.24, 2.45) is 0 Å². The lowest BCUT2D eigenvalue weighted by Crippen LogP contribution is -2.39. The third kappa shape index (κ3) is 5.22. The highest BCUT2D eigenvalue weighted by Crippen LogP contribution is 2.43. The van der Waals surface area contributed by atoms with E-state index in [1.165, 1.54) is 34.9 Å². The number of aliphatic hydroxyl groups excluding tert-OH is 2. The average Bonchev–Trinajstić information content (AvgIpc) is 3.10. The van der Waals surface area contributed by atoms with Crippen LogP contribution in [0, 0.1) is 0 Å². The van der Waals surface area contributed by atoms with E-state index < -0.39 is 0 Å². The van der Waals surface area contributed by atoms with Crippen molar-refractivity contribution in [3.05, 3.63) is 122 Å². The Morgan fingerprint density at radius 2 is 1.50 bits per heavy atom. The Hall–Kier alpha value is -4.63. The van der Waals surface area contributed by atoms with Crippen molar-refractivity contribution in [3.63, 3.8) is 0 Å². The summed E-state index contributed by atoms with van der Waals surface area (Å²) in [5, 5.41) is 29.0. The molecule has 1 unspecified atom stereocenters. The number of hydrogen-bond acceptors (Lipinski definition) is 7. The van der Waals surface area contributed by atoms with E-state index in [-0.39, 0.29) is 24.4 Å². The molecule has 0 spiro atoms. The minimum atomic E-state index is -0.0678. The first-order valence-electron chi connectivity index (χ1n) is 15.7. The number of aryl methyl sites for hydroxylation is 2. The van der Waals surface area contributed by atoms with Gasteiger partial charge in [-0.1, -0.05) is 48.5 Å². The molecule has 8 nitrogen and oxygen atoms in total. The molecule has 0 aromatic heterocycles. The van der Waals surface area contributed by atoms with Gasteiger partial charge in [-0.3, -0.25) is 9.69 Å². The molecule has 46 heavy (non-hydrogen) atoms. The predicted octanol–water partition coefficient (Wildman–Crippen LogP) is 5.23. The van der Waals surface area contributed by atoms with Crippen LogP contribution in [0.3, 0.4) is 0 Å². The molecule has 0 saturated carbocycles. The van der Waals surface area contributed by atoms with Crippen molar-refractivity contribution in [1.29, 1.82) is 0 Å². The molecule has 0 fully saturated rings. The van der Waals surface area contributed by atoms with Crippen molar-refractivity contribution >= 4 is 0 Å². The van der Waals surface area contributed by atoms with E-state index in [4.69, 9.17) is 9.47 Å². The van der Waals surface area contributed by atoms with Gasteiger partial charge in [-0.25, -0.2) is 0 Å². The molecule has 1 atom stereocenters. The lowest BCUT2D eigenvalue weighted by molar-refractivity contribution is 0.158. The minimum Gasteiger partial charge on any atom is -0.504 e. The maximum atomic E-state index is 12.4. The summed E-state index contributed by atoms with van der Waals surface area (Å²) in [5.41, 5.74) is 11.9. The molecular formula is C38H38N2O6. The monoisotopic (exact) mass is 618 g/mol. The topological polar surface area (TPSA) is 104 Å². The zero-order valence-electron chi connectivity index (χ0n) is 26.1. The number of phenols is 1. The van der Waals surface area contributed by atoms with Crippen LogP contribution in [-0.4, -0.2) is 45.6 Å². The molecule has 0 saturated heterocycles. The van der Waals surface area contributed by atoms with Crippen LogP contribution in [0.25, 0.3) is 22.4 Å². The first-order valence-corrected chi connectivity index (χ1v) is 15.7. The highest BCUT2D eigenvalue weighted by Gasteiger charge is 2.33. The summed E-state index contributed by atoms with van der Waals surface area (Å²) < 4.78 is 12.5. The fraction of sp³-hybridized carbons (Fsp3) is 0.289. The van der Waals surface area contributed by atoms with Crippen molar-refractivity contribution in [2.45, 2.75) is 51.6 Å². The van der Waals surface area contributed by atoms with Crippen molar-refractivity contribution < 1.29 is 24.8 Å². The summed E-state index contributed by atoms with van der Waals surface area (Å²) in [5.74, 6) is 1.21. The number of benzene rings is 4. The number of aromatic nitrogens is 1. The molecule has 0 amide bonds. The molecule has 0 bridgehead atoms. The number of phenolic OH excluding ortho intramolecular Hbond substituents is 1. The predicted molar refractivity (Wildman–Crippen MR) is 177 cm³/mol. The van der Waals surface area contributed by atoms with Gasteiger partial charge in [0.05, 0.1) is 27.4 Å². The normalized spacial score (nSPS) is 16.2. The van der Waals surface area contributed by atoms with E-state index >= 15 is 0 Å². The van der Waals surface area contributed by atoms with Gasteiger partial charge >= 0.3 is 0 Å². The Kier molecular flexibility index (Phi) is 8.02. The second kappa shape index (κ2) is 12.3. The minimum absolute atomic E-state index is 0.0599. The fourth-order valence-corrected chi connectivity index (χ4v) is 7.27. The summed E-state index contributed by atoms with van der Waals surface area (Å²) in [6, 6.07) is 22.4. The third-order valence-electron chi connectivity index (χ3n) is 9.75. The van der Waals surface area contributed by atoms with Gasteiger partial charge in [-0.15, -0.1) is 0 Å². The zero-order chi connectivity index (χ0) is 31.9. The van der Waals surface area contributed by atoms with E-state index in [1.807, 2.05) is 30.5 Å². The number of rotatable bonds is 4. The molecule has 3 N–H and O–H groups in total. The SMILES string of the molecule is COc1ccc2c(c1O)CN1CCc3cc(CO)ccc3C1C2.COc1ccc2cc3n(cc-2c1=O)CCc1cc(CO)ccc1-3. The van der Waals surface area contributed by atoms with Crippen LogP contribution in [0.4, 0.5) is 0 Å². The number of aromatic hydroxyl groups is 1. The van der Waals surface area contributed by atoms with E-state index in [1.54, 1.807) is 13.2 Å². The summed E-state index contributed by atoms with van der Waals surface area (Å²) in [7, 11) is 3.10. The zero-order valence-corrected chi connectivity index (χ0v) is 26.1. The van der Waals surface area contributed by atoms with E-state index in [2.05, 4.69) is 45.9 Å². The summed E-state index contributed by atoms with van der Waals surface area (Å²) >= 11 is 0. The number of nitrogens with zero attached hydrogens (tertiary/aromatic N) is 2. The third-order valence-corrected chi connectivity index (χ3v) is 9.75. The maximum absolute atomic E-state index is 12.4. The molecular weight excluding hydrogens is 580 g/mol. The van der Waals surface area contributed by atoms with Gasteiger partial charge in [0.15, 0.2) is 17.2 Å². The Morgan fingerprint density at radius 1 is 0.783 bits per heavy atom. The molecule has 1 aliphatic carbocycles. The lowest BCUT2D eigenvalue weighted by atomic mass is 9.83. The Balaban J connectivity index is 0.000000147. The molecule has 3 aromatic carbocycles. The summed E-state index contributed by atoms with van der Waals surface area (Å²) in [6.45, 7) is 2.71. The van der Waals surface area contributed by atoms with Crippen molar-refractivity contribution in [2.75, 3.05) is 20.8 Å². The maximum Gasteiger partial charge on any atom is 0.229 e. The van der Waals surface area contributed by atoms with Crippen LogP contribution in [0.5, 0.6) is 17.2 Å². The van der Waals surface area contributed by atoms with Crippen molar-refractivity contribution in [1.82, 2.24) is 9.47 Å². The number of hydrogen-bond donors (Lipinski definition) is 3. The lowest BCUT2D eigenvalue weighted by Gasteiger charge is -2.41. The number of fused-ring (bicyclic) bond motifs is 8. The first kappa shape index (κ1) is 30.0. The molecule has 8 rings (SSSR count). The quantitative estimate of drug-likeness (QED) is 0.254. The Morgan fingerprint density at radius 3 is 2.26 bits per heavy atom. The highest BCUT2D eigenvalue weighted by atomic mass is 16.5. The van der Waals surface area contributed by atoms with Crippen LogP contribution >= 0.6 is 0 Å².